The van der Waals surface area contributed by atoms with Gasteiger partial charge < -0.3 is 19.7 Å². The van der Waals surface area contributed by atoms with Gasteiger partial charge in [0.15, 0.2) is 0 Å². The van der Waals surface area contributed by atoms with Crippen molar-refractivity contribution >= 4 is 55.0 Å². The molecule has 2 aromatic carbocycles. The maximum Gasteiger partial charge on any atom is 0.257 e. The lowest BCUT2D eigenvalue weighted by Crippen LogP contribution is -2.29. The second-order valence-electron chi connectivity index (χ2n) is 7.81. The third-order valence-electron chi connectivity index (χ3n) is 5.28. The summed E-state index contributed by atoms with van der Waals surface area (Å²) in [5.74, 6) is -0.431. The lowest BCUT2D eigenvalue weighted by molar-refractivity contribution is 0.0287. The van der Waals surface area contributed by atoms with Crippen LogP contribution in [0.25, 0.3) is 10.2 Å². The van der Waals surface area contributed by atoms with E-state index in [9.17, 15) is 14.7 Å². The molecule has 0 saturated carbocycles. The van der Waals surface area contributed by atoms with Crippen molar-refractivity contribution < 1.29 is 14.6 Å². The van der Waals surface area contributed by atoms with E-state index < -0.39 is 12.0 Å². The number of aliphatic hydroxyl groups is 1. The van der Waals surface area contributed by atoms with Gasteiger partial charge in [-0.05, 0) is 41.5 Å². The zero-order valence-electron chi connectivity index (χ0n) is 18.3. The summed E-state index contributed by atoms with van der Waals surface area (Å²) < 4.78 is 8.41. The van der Waals surface area contributed by atoms with Gasteiger partial charge in [0.25, 0.3) is 5.91 Å². The number of amides is 1. The third kappa shape index (κ3) is 5.76. The first-order valence-electron chi connectivity index (χ1n) is 10.5. The van der Waals surface area contributed by atoms with Crippen LogP contribution >= 0.6 is 38.9 Å². The zero-order valence-corrected chi connectivity index (χ0v) is 21.4. The van der Waals surface area contributed by atoms with Gasteiger partial charge in [-0.2, -0.15) is 0 Å². The van der Waals surface area contributed by atoms with Gasteiger partial charge in [-0.3, -0.25) is 9.59 Å². The molecule has 1 atom stereocenters. The van der Waals surface area contributed by atoms with Crippen molar-refractivity contribution in [3.63, 3.8) is 0 Å². The standard InChI is InChI=1S/C25H22BrClN2O4S/c1-29-12-21(24(32)28-11-15-2-8-18(27)9-3-15)23(31)20-10-19(34-25(20)29)13-33-14-22(30)16-4-6-17(26)7-5-16/h2-10,12,22,30H,11,13-14H2,1H3,(H,28,32)/t22-/m1/s1. The van der Waals surface area contributed by atoms with E-state index in [4.69, 9.17) is 16.3 Å². The van der Waals surface area contributed by atoms with Gasteiger partial charge in [0.2, 0.25) is 5.43 Å². The van der Waals surface area contributed by atoms with E-state index in [-0.39, 0.29) is 24.2 Å². The molecule has 0 saturated heterocycles. The number of carbonyl (C=O) groups excluding carboxylic acids is 1. The molecule has 0 aliphatic heterocycles. The van der Waals surface area contributed by atoms with Crippen molar-refractivity contribution in [2.75, 3.05) is 6.61 Å². The first kappa shape index (κ1) is 24.6. The van der Waals surface area contributed by atoms with E-state index in [1.54, 1.807) is 36.0 Å². The number of nitrogens with one attached hydrogen (secondary N) is 1. The number of thiophene rings is 1. The van der Waals surface area contributed by atoms with E-state index in [1.807, 2.05) is 36.4 Å². The first-order valence-corrected chi connectivity index (χ1v) is 12.5. The highest BCUT2D eigenvalue weighted by molar-refractivity contribution is 9.10. The van der Waals surface area contributed by atoms with Crippen LogP contribution in [0.3, 0.4) is 0 Å². The average molecular weight is 562 g/mol. The van der Waals surface area contributed by atoms with Gasteiger partial charge in [-0.1, -0.05) is 51.8 Å². The molecule has 34 heavy (non-hydrogen) atoms. The smallest absolute Gasteiger partial charge is 0.257 e. The lowest BCUT2D eigenvalue weighted by atomic mass is 10.1. The summed E-state index contributed by atoms with van der Waals surface area (Å²) in [5.41, 5.74) is 1.41. The number of carbonyl (C=O) groups is 1. The lowest BCUT2D eigenvalue weighted by Gasteiger charge is -2.11. The van der Waals surface area contributed by atoms with Crippen molar-refractivity contribution in [2.24, 2.45) is 7.05 Å². The first-order chi connectivity index (χ1) is 16.3. The topological polar surface area (TPSA) is 80.6 Å². The van der Waals surface area contributed by atoms with Crippen LogP contribution in [0.2, 0.25) is 5.02 Å². The fourth-order valence-electron chi connectivity index (χ4n) is 3.48. The predicted molar refractivity (Wildman–Crippen MR) is 138 cm³/mol. The van der Waals surface area contributed by atoms with E-state index >= 15 is 0 Å². The highest BCUT2D eigenvalue weighted by Crippen LogP contribution is 2.25. The van der Waals surface area contributed by atoms with Gasteiger partial charge in [-0.25, -0.2) is 0 Å². The number of fused-ring (bicyclic) bond motifs is 1. The Morgan fingerprint density at radius 2 is 1.91 bits per heavy atom. The Labute approximate surface area is 213 Å². The number of aromatic nitrogens is 1. The van der Waals surface area contributed by atoms with Gasteiger partial charge >= 0.3 is 0 Å². The van der Waals surface area contributed by atoms with Crippen LogP contribution in [-0.4, -0.2) is 22.2 Å². The molecule has 9 heteroatoms. The summed E-state index contributed by atoms with van der Waals surface area (Å²) in [6.07, 6.45) is 0.810. The fraction of sp³-hybridized carbons (Fsp3) is 0.200. The molecule has 2 aromatic heterocycles. The van der Waals surface area contributed by atoms with Crippen molar-refractivity contribution in [3.05, 3.63) is 102 Å². The number of benzene rings is 2. The molecule has 0 unspecified atom stereocenters. The SMILES string of the molecule is Cn1cc(C(=O)NCc2ccc(Cl)cc2)c(=O)c2cc(COC[C@@H](O)c3ccc(Br)cc3)sc21. The van der Waals surface area contributed by atoms with Crippen molar-refractivity contribution in [3.8, 4) is 0 Å². The molecule has 0 aliphatic carbocycles. The minimum absolute atomic E-state index is 0.0832. The molecule has 1 amide bonds. The molecule has 0 radical (unpaired) electrons. The second-order valence-corrected chi connectivity index (χ2v) is 10.3. The number of pyridine rings is 1. The van der Waals surface area contributed by atoms with Crippen molar-refractivity contribution in [2.45, 2.75) is 19.3 Å². The maximum atomic E-state index is 13.0. The number of aliphatic hydroxyl groups excluding tert-OH is 1. The van der Waals surface area contributed by atoms with Gasteiger partial charge in [0.1, 0.15) is 16.5 Å². The number of nitrogens with zero attached hydrogens (tertiary/aromatic N) is 1. The molecule has 6 nitrogen and oxygen atoms in total. The number of hydrogen-bond donors (Lipinski definition) is 2. The maximum absolute atomic E-state index is 13.0. The van der Waals surface area contributed by atoms with Crippen LogP contribution in [0.1, 0.15) is 32.5 Å². The highest BCUT2D eigenvalue weighted by atomic mass is 79.9. The fourth-order valence-corrected chi connectivity index (χ4v) is 4.89. The minimum atomic E-state index is -0.746. The van der Waals surface area contributed by atoms with Gasteiger partial charge in [0.05, 0.1) is 18.6 Å². The summed E-state index contributed by atoms with van der Waals surface area (Å²) >= 11 is 10.7. The molecular weight excluding hydrogens is 540 g/mol. The third-order valence-corrected chi connectivity index (χ3v) is 7.26. The Morgan fingerprint density at radius 1 is 1.21 bits per heavy atom. The van der Waals surface area contributed by atoms with E-state index in [0.29, 0.717) is 17.0 Å². The van der Waals surface area contributed by atoms with Crippen LogP contribution in [0.5, 0.6) is 0 Å². The molecule has 176 valence electrons. The Kier molecular flexibility index (Phi) is 7.85. The monoisotopic (exact) mass is 560 g/mol. The van der Waals surface area contributed by atoms with Crippen LogP contribution in [0.4, 0.5) is 0 Å². The van der Waals surface area contributed by atoms with E-state index in [0.717, 1.165) is 25.3 Å². The van der Waals surface area contributed by atoms with Crippen LogP contribution < -0.4 is 10.7 Å². The molecule has 0 fully saturated rings. The minimum Gasteiger partial charge on any atom is -0.386 e. The Bertz CT molecular complexity index is 1370. The molecule has 0 bridgehead atoms. The van der Waals surface area contributed by atoms with Crippen molar-refractivity contribution in [1.29, 1.82) is 0 Å². The quantitative estimate of drug-likeness (QED) is 0.310. The number of halogens is 2. The van der Waals surface area contributed by atoms with Crippen LogP contribution in [0.15, 0.2) is 70.1 Å². The van der Waals surface area contributed by atoms with Crippen molar-refractivity contribution in [1.82, 2.24) is 9.88 Å². The van der Waals surface area contributed by atoms with Crippen LogP contribution in [-0.2, 0) is 24.9 Å². The van der Waals surface area contributed by atoms with Crippen LogP contribution in [0, 0.1) is 0 Å². The zero-order chi connectivity index (χ0) is 24.2. The average Bonchev–Trinajstić information content (AvgIpc) is 3.26. The number of rotatable bonds is 8. The molecular formula is C25H22BrClN2O4S. The van der Waals surface area contributed by atoms with E-state index in [2.05, 4.69) is 21.2 Å². The van der Waals surface area contributed by atoms with Gasteiger partial charge in [0, 0.05) is 34.2 Å². The summed E-state index contributed by atoms with van der Waals surface area (Å²) in [5, 5.41) is 14.2. The number of ether oxygens (including phenoxy) is 1. The Hall–Kier alpha value is -2.49. The normalized spacial score (nSPS) is 12.1. The summed E-state index contributed by atoms with van der Waals surface area (Å²) in [4.78, 5) is 27.3. The molecule has 4 aromatic rings. The summed E-state index contributed by atoms with van der Waals surface area (Å²) in [7, 11) is 1.80. The number of aryl methyl sites for hydroxylation is 1. The Balaban J connectivity index is 1.43. The summed E-state index contributed by atoms with van der Waals surface area (Å²) in [6.45, 7) is 0.676. The Morgan fingerprint density at radius 3 is 2.62 bits per heavy atom. The summed E-state index contributed by atoms with van der Waals surface area (Å²) in [6, 6.07) is 16.3. The number of hydrogen-bond acceptors (Lipinski definition) is 5. The molecule has 0 spiro atoms. The molecule has 2 N–H and O–H groups in total. The second kappa shape index (κ2) is 10.8. The largest absolute Gasteiger partial charge is 0.386 e. The molecule has 2 heterocycles. The molecule has 0 aliphatic rings. The predicted octanol–water partition coefficient (Wildman–Crippen LogP) is 5.20. The molecule has 4 rings (SSSR count). The highest BCUT2D eigenvalue weighted by Gasteiger charge is 2.17. The van der Waals surface area contributed by atoms with E-state index in [1.165, 1.54) is 11.3 Å². The van der Waals surface area contributed by atoms with Gasteiger partial charge in [-0.15, -0.1) is 11.3 Å².